The largest absolute Gasteiger partial charge is 0.309 e. The van der Waals surface area contributed by atoms with Gasteiger partial charge in [-0.25, -0.2) is 16.5 Å². The van der Waals surface area contributed by atoms with Crippen molar-refractivity contribution in [2.75, 3.05) is 0 Å². The maximum absolute atomic E-state index is 6.60. The second-order valence-electron chi connectivity index (χ2n) is 4.20. The van der Waals surface area contributed by atoms with Crippen LogP contribution < -0.4 is 0 Å². The van der Waals surface area contributed by atoms with Crippen LogP contribution in [0.2, 0.25) is 4.47 Å². The third kappa shape index (κ3) is 8.14. The van der Waals surface area contributed by atoms with E-state index in [2.05, 4.69) is 51.7 Å². The predicted octanol–water partition coefficient (Wildman–Crippen LogP) is 6.95. The van der Waals surface area contributed by atoms with Gasteiger partial charge in [-0.2, -0.15) is 0 Å². The summed E-state index contributed by atoms with van der Waals surface area (Å²) in [6, 6.07) is 0. The highest BCUT2D eigenvalue weighted by atomic mass is 79.9. The van der Waals surface area contributed by atoms with Crippen LogP contribution in [0.5, 0.6) is 0 Å². The first-order chi connectivity index (χ1) is 11.3. The Morgan fingerprint density at radius 2 is 1.75 bits per heavy atom. The first-order valence-corrected chi connectivity index (χ1v) is 10.9. The monoisotopic (exact) mass is 526 g/mol. The summed E-state index contributed by atoms with van der Waals surface area (Å²) >= 11 is 16.8. The molecule has 0 N–H and O–H groups in total. The maximum Gasteiger partial charge on any atom is 0.265 e. The molecule has 4 nitrogen and oxygen atoms in total. The lowest BCUT2D eigenvalue weighted by Gasteiger charge is -1.75. The van der Waals surface area contributed by atoms with Crippen molar-refractivity contribution in [3.8, 4) is 0 Å². The Morgan fingerprint density at radius 3 is 2.00 bits per heavy atom. The van der Waals surface area contributed by atoms with Gasteiger partial charge in [-0.15, -0.1) is 34.0 Å². The SMILES string of the molecule is Cc1cncs1.Cc1sc(Cl)nc1Br.[C-]#[N+]Cc1nc(Br)c(C)s1. The molecule has 0 aliphatic carbocycles. The van der Waals surface area contributed by atoms with Gasteiger partial charge in [0, 0.05) is 20.8 Å². The molecule has 3 heterocycles. The van der Waals surface area contributed by atoms with Gasteiger partial charge < -0.3 is 4.85 Å². The molecule has 0 saturated heterocycles. The summed E-state index contributed by atoms with van der Waals surface area (Å²) in [5, 5.41) is 0.888. The summed E-state index contributed by atoms with van der Waals surface area (Å²) < 4.78 is 2.32. The second kappa shape index (κ2) is 11.3. The first kappa shape index (κ1) is 21.7. The zero-order valence-corrected chi connectivity index (χ0v) is 19.4. The van der Waals surface area contributed by atoms with Gasteiger partial charge in [-0.3, -0.25) is 4.98 Å². The summed E-state index contributed by atoms with van der Waals surface area (Å²) in [6.45, 7) is 13.0. The average Bonchev–Trinajstić information content (AvgIpc) is 3.17. The van der Waals surface area contributed by atoms with Crippen LogP contribution in [0.1, 0.15) is 19.6 Å². The van der Waals surface area contributed by atoms with E-state index in [0.29, 0.717) is 11.0 Å². The van der Waals surface area contributed by atoms with Gasteiger partial charge in [0.2, 0.25) is 0 Å². The molecule has 0 unspecified atom stereocenters. The standard InChI is InChI=1S/C6H5BrN2S.C4H3BrClNS.C4H5NS/c1-4-6(7)9-5(10-4)3-8-2;1-2-3(5)7-4(6)8-2;1-4-2-5-3-6-4/h3H2,1H3;1H3;2-3H,1H3. The van der Waals surface area contributed by atoms with Crippen LogP contribution in [-0.2, 0) is 6.54 Å². The Labute approximate surface area is 175 Å². The molecule has 0 aliphatic heterocycles. The fraction of sp³-hybridized carbons (Fsp3) is 0.286. The van der Waals surface area contributed by atoms with E-state index in [1.54, 1.807) is 22.7 Å². The minimum Gasteiger partial charge on any atom is -0.309 e. The van der Waals surface area contributed by atoms with E-state index in [-0.39, 0.29) is 0 Å². The highest BCUT2D eigenvalue weighted by molar-refractivity contribution is 9.10. The van der Waals surface area contributed by atoms with Crippen molar-refractivity contribution in [1.82, 2.24) is 15.0 Å². The van der Waals surface area contributed by atoms with Crippen LogP contribution >= 0.6 is 77.5 Å². The summed E-state index contributed by atoms with van der Waals surface area (Å²) in [6.07, 6.45) is 1.85. The highest BCUT2D eigenvalue weighted by Crippen LogP contribution is 2.25. The molecule has 0 aromatic carbocycles. The molecule has 3 rings (SSSR count). The Morgan fingerprint density at radius 1 is 1.12 bits per heavy atom. The maximum atomic E-state index is 6.60. The number of hydrogen-bond donors (Lipinski definition) is 0. The van der Waals surface area contributed by atoms with Gasteiger partial charge in [-0.1, -0.05) is 11.6 Å². The third-order valence-corrected chi connectivity index (χ3v) is 7.07. The molecule has 0 saturated carbocycles. The van der Waals surface area contributed by atoms with E-state index < -0.39 is 0 Å². The number of nitrogens with zero attached hydrogens (tertiary/aromatic N) is 4. The van der Waals surface area contributed by atoms with E-state index >= 15 is 0 Å². The van der Waals surface area contributed by atoms with Crippen molar-refractivity contribution < 1.29 is 0 Å². The Balaban J connectivity index is 0.000000186. The molecule has 10 heteroatoms. The molecule has 0 amide bonds. The molecular formula is C14H13Br2ClN4S3. The summed E-state index contributed by atoms with van der Waals surface area (Å²) in [4.78, 5) is 18.6. The van der Waals surface area contributed by atoms with E-state index in [1.165, 1.54) is 16.2 Å². The quantitative estimate of drug-likeness (QED) is 0.321. The number of aromatic nitrogens is 3. The zero-order chi connectivity index (χ0) is 18.1. The number of rotatable bonds is 1. The van der Waals surface area contributed by atoms with Crippen LogP contribution in [0.4, 0.5) is 0 Å². The van der Waals surface area contributed by atoms with Gasteiger partial charge in [0.05, 0.1) is 5.51 Å². The van der Waals surface area contributed by atoms with E-state index in [0.717, 1.165) is 24.0 Å². The van der Waals surface area contributed by atoms with Gasteiger partial charge in [0.25, 0.3) is 6.54 Å². The van der Waals surface area contributed by atoms with Crippen molar-refractivity contribution in [3.63, 3.8) is 0 Å². The first-order valence-electron chi connectivity index (χ1n) is 6.42. The Kier molecular flexibility index (Phi) is 10.2. The number of aryl methyl sites for hydroxylation is 3. The lowest BCUT2D eigenvalue weighted by molar-refractivity contribution is 1.16. The smallest absolute Gasteiger partial charge is 0.265 e. The third-order valence-electron chi connectivity index (χ3n) is 2.27. The van der Waals surface area contributed by atoms with Crippen LogP contribution in [-0.4, -0.2) is 15.0 Å². The average molecular weight is 529 g/mol. The summed E-state index contributed by atoms with van der Waals surface area (Å²) in [5.41, 5.74) is 1.83. The van der Waals surface area contributed by atoms with Crippen LogP contribution in [0.3, 0.4) is 0 Å². The summed E-state index contributed by atoms with van der Waals surface area (Å²) in [7, 11) is 0. The van der Waals surface area contributed by atoms with Crippen molar-refractivity contribution >= 4 is 77.5 Å². The summed E-state index contributed by atoms with van der Waals surface area (Å²) in [5.74, 6) is 0. The van der Waals surface area contributed by atoms with Crippen LogP contribution in [0.25, 0.3) is 4.85 Å². The molecule has 0 fully saturated rings. The molecule has 0 atom stereocenters. The van der Waals surface area contributed by atoms with E-state index in [1.807, 2.05) is 32.5 Å². The normalized spacial score (nSPS) is 9.38. The zero-order valence-electron chi connectivity index (χ0n) is 13.0. The Bertz CT molecular complexity index is 755. The van der Waals surface area contributed by atoms with Crippen molar-refractivity contribution in [1.29, 1.82) is 0 Å². The van der Waals surface area contributed by atoms with Crippen LogP contribution in [0.15, 0.2) is 20.9 Å². The molecular weight excluding hydrogens is 516 g/mol. The molecule has 24 heavy (non-hydrogen) atoms. The topological polar surface area (TPSA) is 43.0 Å². The van der Waals surface area contributed by atoms with E-state index in [4.69, 9.17) is 18.2 Å². The number of thiazole rings is 3. The predicted molar refractivity (Wildman–Crippen MR) is 111 cm³/mol. The molecule has 3 aromatic heterocycles. The van der Waals surface area contributed by atoms with Gasteiger partial charge >= 0.3 is 0 Å². The minimum absolute atomic E-state index is 0.400. The van der Waals surface area contributed by atoms with Crippen molar-refractivity contribution in [2.24, 2.45) is 0 Å². The van der Waals surface area contributed by atoms with Gasteiger partial charge in [0.1, 0.15) is 9.21 Å². The molecule has 128 valence electrons. The number of hydrogen-bond acceptors (Lipinski definition) is 6. The van der Waals surface area contributed by atoms with Crippen molar-refractivity contribution in [2.45, 2.75) is 27.3 Å². The minimum atomic E-state index is 0.400. The second-order valence-corrected chi connectivity index (χ2v) is 9.86. The van der Waals surface area contributed by atoms with Gasteiger partial charge in [0.15, 0.2) is 9.47 Å². The van der Waals surface area contributed by atoms with Gasteiger partial charge in [-0.05, 0) is 52.6 Å². The molecule has 0 bridgehead atoms. The van der Waals surface area contributed by atoms with E-state index in [9.17, 15) is 0 Å². The molecule has 0 aliphatic rings. The lowest BCUT2D eigenvalue weighted by Crippen LogP contribution is -1.73. The molecule has 0 spiro atoms. The van der Waals surface area contributed by atoms with Crippen molar-refractivity contribution in [3.05, 3.63) is 56.4 Å². The Hall–Kier alpha value is -0.370. The van der Waals surface area contributed by atoms with Crippen LogP contribution in [0, 0.1) is 27.3 Å². The highest BCUT2D eigenvalue weighted by Gasteiger charge is 2.05. The molecule has 0 radical (unpaired) electrons. The molecule has 3 aromatic rings. The lowest BCUT2D eigenvalue weighted by atomic mass is 10.6. The number of halogens is 3. The fourth-order valence-corrected chi connectivity index (χ4v) is 4.52. The fourth-order valence-electron chi connectivity index (χ4n) is 1.19.